The highest BCUT2D eigenvalue weighted by Gasteiger charge is 2.32. The molecule has 3 rings (SSSR count). The number of aryl methyl sites for hydroxylation is 2. The van der Waals surface area contributed by atoms with Crippen molar-refractivity contribution in [2.45, 2.75) is 72.4 Å². The average molecular weight is 418 g/mol. The summed E-state index contributed by atoms with van der Waals surface area (Å²) in [6.07, 6.45) is 7.36. The molecule has 1 aromatic rings. The van der Waals surface area contributed by atoms with E-state index < -0.39 is 0 Å². The SMILES string of the molecule is CCn1cc(C(=O)N2CCCC(N(CCCN3CCCC3)C(=O)C(C)C)C2)c(C)n1. The first-order valence-electron chi connectivity index (χ1n) is 11.8. The standard InChI is InChI=1S/C23H39N5O2/c1-5-27-17-21(19(4)24-27)23(30)26-14-8-10-20(16-26)28(22(29)18(2)3)15-9-13-25-11-6-7-12-25/h17-18,20H,5-16H2,1-4H3. The maximum absolute atomic E-state index is 13.2. The van der Waals surface area contributed by atoms with Gasteiger partial charge in [-0.1, -0.05) is 13.8 Å². The van der Waals surface area contributed by atoms with E-state index in [-0.39, 0.29) is 23.8 Å². The maximum Gasteiger partial charge on any atom is 0.257 e. The lowest BCUT2D eigenvalue weighted by Crippen LogP contribution is -2.53. The van der Waals surface area contributed by atoms with E-state index in [0.29, 0.717) is 12.1 Å². The fourth-order valence-corrected chi connectivity index (χ4v) is 4.73. The first kappa shape index (κ1) is 22.8. The summed E-state index contributed by atoms with van der Waals surface area (Å²) < 4.78 is 1.82. The van der Waals surface area contributed by atoms with Gasteiger partial charge in [0.1, 0.15) is 0 Å². The number of hydrogen-bond acceptors (Lipinski definition) is 4. The molecule has 3 heterocycles. The molecule has 0 aliphatic carbocycles. The van der Waals surface area contributed by atoms with Gasteiger partial charge in [-0.2, -0.15) is 5.10 Å². The number of rotatable bonds is 8. The zero-order chi connectivity index (χ0) is 21.7. The topological polar surface area (TPSA) is 61.7 Å². The van der Waals surface area contributed by atoms with Gasteiger partial charge < -0.3 is 14.7 Å². The highest BCUT2D eigenvalue weighted by atomic mass is 16.2. The van der Waals surface area contributed by atoms with E-state index in [9.17, 15) is 9.59 Å². The number of likely N-dealkylation sites (tertiary alicyclic amines) is 2. The Bertz CT molecular complexity index is 723. The summed E-state index contributed by atoms with van der Waals surface area (Å²) in [6.45, 7) is 14.2. The van der Waals surface area contributed by atoms with Gasteiger partial charge in [0, 0.05) is 44.3 Å². The lowest BCUT2D eigenvalue weighted by Gasteiger charge is -2.40. The second-order valence-corrected chi connectivity index (χ2v) is 9.12. The van der Waals surface area contributed by atoms with Gasteiger partial charge in [-0.05, 0) is 65.6 Å². The summed E-state index contributed by atoms with van der Waals surface area (Å²) in [5, 5.41) is 4.43. The van der Waals surface area contributed by atoms with Crippen LogP contribution >= 0.6 is 0 Å². The van der Waals surface area contributed by atoms with E-state index in [1.165, 1.54) is 25.9 Å². The highest BCUT2D eigenvalue weighted by Crippen LogP contribution is 2.21. The molecule has 2 aliphatic rings. The molecule has 2 saturated heterocycles. The summed E-state index contributed by atoms with van der Waals surface area (Å²) in [6, 6.07) is 0.109. The van der Waals surface area contributed by atoms with Crippen LogP contribution in [0.25, 0.3) is 0 Å². The van der Waals surface area contributed by atoms with Crippen LogP contribution < -0.4 is 0 Å². The average Bonchev–Trinajstić information content (AvgIpc) is 3.39. The third-order valence-electron chi connectivity index (χ3n) is 6.47. The van der Waals surface area contributed by atoms with Crippen molar-refractivity contribution in [3.8, 4) is 0 Å². The van der Waals surface area contributed by atoms with E-state index in [2.05, 4.69) is 14.9 Å². The van der Waals surface area contributed by atoms with Crippen LogP contribution in [-0.2, 0) is 11.3 Å². The summed E-state index contributed by atoms with van der Waals surface area (Å²) in [4.78, 5) is 32.7. The lowest BCUT2D eigenvalue weighted by molar-refractivity contribution is -0.138. The molecule has 7 nitrogen and oxygen atoms in total. The van der Waals surface area contributed by atoms with E-state index in [0.717, 1.165) is 51.1 Å². The van der Waals surface area contributed by atoms with E-state index >= 15 is 0 Å². The van der Waals surface area contributed by atoms with Gasteiger partial charge in [0.15, 0.2) is 0 Å². The van der Waals surface area contributed by atoms with Gasteiger partial charge in [-0.15, -0.1) is 0 Å². The zero-order valence-corrected chi connectivity index (χ0v) is 19.3. The second kappa shape index (κ2) is 10.4. The Morgan fingerprint density at radius 3 is 2.57 bits per heavy atom. The minimum Gasteiger partial charge on any atom is -0.338 e. The Hall–Kier alpha value is -1.89. The third-order valence-corrected chi connectivity index (χ3v) is 6.47. The predicted molar refractivity (Wildman–Crippen MR) is 118 cm³/mol. The second-order valence-electron chi connectivity index (χ2n) is 9.12. The molecule has 1 unspecified atom stereocenters. The molecule has 168 valence electrons. The Kier molecular flexibility index (Phi) is 7.92. The number of hydrogen-bond donors (Lipinski definition) is 0. The van der Waals surface area contributed by atoms with E-state index in [4.69, 9.17) is 0 Å². The first-order valence-corrected chi connectivity index (χ1v) is 11.8. The van der Waals surface area contributed by atoms with Crippen LogP contribution in [0.1, 0.15) is 68.9 Å². The van der Waals surface area contributed by atoms with Crippen LogP contribution in [0.3, 0.4) is 0 Å². The Balaban J connectivity index is 1.65. The number of piperidine rings is 1. The third kappa shape index (κ3) is 5.42. The summed E-state index contributed by atoms with van der Waals surface area (Å²) in [7, 11) is 0. The molecule has 7 heteroatoms. The van der Waals surface area contributed by atoms with Gasteiger partial charge in [0.05, 0.1) is 11.3 Å². The minimum absolute atomic E-state index is 0.0205. The quantitative estimate of drug-likeness (QED) is 0.653. The van der Waals surface area contributed by atoms with Crippen LogP contribution in [0, 0.1) is 12.8 Å². The van der Waals surface area contributed by atoms with Gasteiger partial charge in [0.25, 0.3) is 5.91 Å². The van der Waals surface area contributed by atoms with Gasteiger partial charge in [-0.3, -0.25) is 14.3 Å². The molecular weight excluding hydrogens is 378 g/mol. The van der Waals surface area contributed by atoms with Crippen LogP contribution in [0.4, 0.5) is 0 Å². The van der Waals surface area contributed by atoms with Crippen LogP contribution in [0.15, 0.2) is 6.20 Å². The summed E-state index contributed by atoms with van der Waals surface area (Å²) in [5.41, 5.74) is 1.47. The molecule has 1 aromatic heterocycles. The van der Waals surface area contributed by atoms with Crippen molar-refractivity contribution >= 4 is 11.8 Å². The molecule has 2 aliphatic heterocycles. The van der Waals surface area contributed by atoms with Crippen molar-refractivity contribution in [3.63, 3.8) is 0 Å². The predicted octanol–water partition coefficient (Wildman–Crippen LogP) is 2.79. The molecule has 2 amide bonds. The molecule has 0 spiro atoms. The minimum atomic E-state index is -0.0205. The molecule has 2 fully saturated rings. The number of amides is 2. The van der Waals surface area contributed by atoms with Crippen molar-refractivity contribution in [2.24, 2.45) is 5.92 Å². The number of carbonyl (C=O) groups excluding carboxylic acids is 2. The Labute approximate surface area is 181 Å². The molecular formula is C23H39N5O2. The van der Waals surface area contributed by atoms with Crippen molar-refractivity contribution < 1.29 is 9.59 Å². The Morgan fingerprint density at radius 1 is 1.20 bits per heavy atom. The van der Waals surface area contributed by atoms with E-state index in [1.54, 1.807) is 0 Å². The molecule has 0 aromatic carbocycles. The number of carbonyl (C=O) groups is 2. The number of aromatic nitrogens is 2. The molecule has 0 saturated carbocycles. The van der Waals surface area contributed by atoms with Gasteiger partial charge >= 0.3 is 0 Å². The van der Waals surface area contributed by atoms with Crippen molar-refractivity contribution in [3.05, 3.63) is 17.5 Å². The monoisotopic (exact) mass is 417 g/mol. The number of nitrogens with zero attached hydrogens (tertiary/aromatic N) is 5. The summed E-state index contributed by atoms with van der Waals surface area (Å²) >= 11 is 0. The van der Waals surface area contributed by atoms with Crippen LogP contribution in [-0.4, -0.2) is 81.6 Å². The fourth-order valence-electron chi connectivity index (χ4n) is 4.73. The van der Waals surface area contributed by atoms with Gasteiger partial charge in [0.2, 0.25) is 5.91 Å². The first-order chi connectivity index (χ1) is 14.4. The normalized spacial score (nSPS) is 20.2. The van der Waals surface area contributed by atoms with Crippen LogP contribution in [0.5, 0.6) is 0 Å². The Morgan fingerprint density at radius 2 is 1.93 bits per heavy atom. The highest BCUT2D eigenvalue weighted by molar-refractivity contribution is 5.95. The van der Waals surface area contributed by atoms with Crippen molar-refractivity contribution in [2.75, 3.05) is 39.3 Å². The molecule has 30 heavy (non-hydrogen) atoms. The van der Waals surface area contributed by atoms with Crippen LogP contribution in [0.2, 0.25) is 0 Å². The molecule has 0 N–H and O–H groups in total. The maximum atomic E-state index is 13.2. The lowest BCUT2D eigenvalue weighted by atomic mass is 10.0. The molecule has 1 atom stereocenters. The fraction of sp³-hybridized carbons (Fsp3) is 0.783. The molecule has 0 radical (unpaired) electrons. The van der Waals surface area contributed by atoms with Crippen molar-refractivity contribution in [1.29, 1.82) is 0 Å². The summed E-state index contributed by atoms with van der Waals surface area (Å²) in [5.74, 6) is 0.240. The zero-order valence-electron chi connectivity index (χ0n) is 19.3. The largest absolute Gasteiger partial charge is 0.338 e. The van der Waals surface area contributed by atoms with Gasteiger partial charge in [-0.25, -0.2) is 0 Å². The van der Waals surface area contributed by atoms with E-state index in [1.807, 2.05) is 43.5 Å². The molecule has 0 bridgehead atoms. The van der Waals surface area contributed by atoms with Crippen molar-refractivity contribution in [1.82, 2.24) is 24.5 Å². The smallest absolute Gasteiger partial charge is 0.257 e.